The highest BCUT2D eigenvalue weighted by molar-refractivity contribution is 7.89. The van der Waals surface area contributed by atoms with E-state index in [0.29, 0.717) is 42.9 Å². The van der Waals surface area contributed by atoms with Crippen molar-refractivity contribution < 1.29 is 22.7 Å². The fourth-order valence-corrected chi connectivity index (χ4v) is 6.55. The van der Waals surface area contributed by atoms with Crippen LogP contribution in [0, 0.1) is 12.8 Å². The molecule has 0 spiro atoms. The largest absolute Gasteiger partial charge is 0.479 e. The fourth-order valence-electron chi connectivity index (χ4n) is 4.80. The molecule has 4 rings (SSSR count). The van der Waals surface area contributed by atoms with Gasteiger partial charge in [0.1, 0.15) is 5.75 Å². The predicted octanol–water partition coefficient (Wildman–Crippen LogP) is 1.72. The van der Waals surface area contributed by atoms with Crippen molar-refractivity contribution in [1.29, 1.82) is 0 Å². The van der Waals surface area contributed by atoms with Gasteiger partial charge in [-0.3, -0.25) is 9.59 Å². The van der Waals surface area contributed by atoms with Gasteiger partial charge in [-0.2, -0.15) is 4.31 Å². The molecule has 2 amide bonds. The van der Waals surface area contributed by atoms with Crippen molar-refractivity contribution in [1.82, 2.24) is 14.5 Å². The van der Waals surface area contributed by atoms with Gasteiger partial charge in [0.15, 0.2) is 6.10 Å². The number of nitrogens with one attached hydrogen (secondary N) is 2. The van der Waals surface area contributed by atoms with Crippen LogP contribution in [0.25, 0.3) is 0 Å². The summed E-state index contributed by atoms with van der Waals surface area (Å²) in [7, 11) is -3.81. The Balaban J connectivity index is 1.39. The normalized spacial score (nSPS) is 24.1. The highest BCUT2D eigenvalue weighted by Gasteiger charge is 2.35. The molecule has 2 N–H and O–H groups in total. The van der Waals surface area contributed by atoms with Crippen LogP contribution in [0.15, 0.2) is 17.0 Å². The number of aryl methyl sites for hydroxylation is 1. The van der Waals surface area contributed by atoms with Crippen LogP contribution < -0.4 is 15.4 Å². The number of rotatable bonds is 7. The van der Waals surface area contributed by atoms with Crippen molar-refractivity contribution in [2.45, 2.75) is 57.0 Å². The van der Waals surface area contributed by atoms with Crippen LogP contribution in [-0.2, 0) is 19.6 Å². The monoisotopic (exact) mass is 478 g/mol. The third kappa shape index (κ3) is 5.33. The maximum Gasteiger partial charge on any atom is 0.265 e. The van der Waals surface area contributed by atoms with Gasteiger partial charge in [0, 0.05) is 25.7 Å². The van der Waals surface area contributed by atoms with Gasteiger partial charge in [-0.05, 0) is 77.2 Å². The molecular formula is C23H34N4O5S. The topological polar surface area (TPSA) is 108 Å². The van der Waals surface area contributed by atoms with Crippen LogP contribution in [-0.4, -0.2) is 74.8 Å². The average molecular weight is 479 g/mol. The Kier molecular flexibility index (Phi) is 7.25. The fraction of sp³-hybridized carbons (Fsp3) is 0.652. The Morgan fingerprint density at radius 1 is 1.21 bits per heavy atom. The summed E-state index contributed by atoms with van der Waals surface area (Å²) in [4.78, 5) is 27.1. The van der Waals surface area contributed by atoms with E-state index in [2.05, 4.69) is 15.5 Å². The number of carbonyl (C=O) groups is 2. The van der Waals surface area contributed by atoms with Gasteiger partial charge in [-0.15, -0.1) is 0 Å². The molecule has 0 saturated carbocycles. The molecule has 3 heterocycles. The third-order valence-corrected chi connectivity index (χ3v) is 8.74. The van der Waals surface area contributed by atoms with E-state index < -0.39 is 16.1 Å². The second-order valence-electron chi connectivity index (χ2n) is 9.26. The summed E-state index contributed by atoms with van der Waals surface area (Å²) in [6, 6.07) is 3.11. The molecule has 3 aliphatic heterocycles. The third-order valence-electron chi connectivity index (χ3n) is 6.73. The van der Waals surface area contributed by atoms with E-state index in [4.69, 9.17) is 4.74 Å². The van der Waals surface area contributed by atoms with Crippen LogP contribution in [0.2, 0.25) is 0 Å². The SMILES string of the molecule is Cc1cc2c(cc1S(=O)(=O)N1CCC[C@H](C(=O)NCCCN3CCCC3)C1)O[C@H](C)C(=O)N2. The molecule has 9 nitrogen and oxygen atoms in total. The number of carbonyl (C=O) groups excluding carboxylic acids is 2. The minimum Gasteiger partial charge on any atom is -0.479 e. The minimum absolute atomic E-state index is 0.0710. The molecule has 2 atom stereocenters. The molecule has 0 aromatic heterocycles. The number of ether oxygens (including phenoxy) is 1. The second-order valence-corrected chi connectivity index (χ2v) is 11.2. The number of piperidine rings is 1. The maximum absolute atomic E-state index is 13.5. The van der Waals surface area contributed by atoms with Crippen molar-refractivity contribution in [3.05, 3.63) is 17.7 Å². The van der Waals surface area contributed by atoms with E-state index in [0.717, 1.165) is 26.1 Å². The van der Waals surface area contributed by atoms with Gasteiger partial charge >= 0.3 is 0 Å². The summed E-state index contributed by atoms with van der Waals surface area (Å²) in [5.74, 6) is -0.342. The summed E-state index contributed by atoms with van der Waals surface area (Å²) in [5, 5.41) is 5.75. The molecule has 0 bridgehead atoms. The smallest absolute Gasteiger partial charge is 0.265 e. The molecule has 0 aliphatic carbocycles. The Morgan fingerprint density at radius 3 is 2.73 bits per heavy atom. The van der Waals surface area contributed by atoms with Crippen LogP contribution >= 0.6 is 0 Å². The van der Waals surface area contributed by atoms with E-state index in [9.17, 15) is 18.0 Å². The summed E-state index contributed by atoms with van der Waals surface area (Å²) in [6.45, 7) is 7.76. The first-order chi connectivity index (χ1) is 15.8. The van der Waals surface area contributed by atoms with E-state index in [1.54, 1.807) is 19.9 Å². The zero-order valence-electron chi connectivity index (χ0n) is 19.4. The molecule has 182 valence electrons. The van der Waals surface area contributed by atoms with Gasteiger partial charge in [0.25, 0.3) is 5.91 Å². The molecule has 33 heavy (non-hydrogen) atoms. The lowest BCUT2D eigenvalue weighted by atomic mass is 9.99. The van der Waals surface area contributed by atoms with Crippen molar-refractivity contribution in [3.8, 4) is 5.75 Å². The van der Waals surface area contributed by atoms with Crippen LogP contribution in [0.3, 0.4) is 0 Å². The number of anilines is 1. The zero-order chi connectivity index (χ0) is 23.6. The number of likely N-dealkylation sites (tertiary alicyclic amines) is 1. The molecule has 1 aromatic carbocycles. The number of fused-ring (bicyclic) bond motifs is 1. The van der Waals surface area contributed by atoms with Gasteiger partial charge in [-0.25, -0.2) is 8.42 Å². The van der Waals surface area contributed by atoms with Gasteiger partial charge in [0.05, 0.1) is 16.5 Å². The Hall–Kier alpha value is -2.17. The van der Waals surface area contributed by atoms with Crippen LogP contribution in [0.1, 0.15) is 44.6 Å². The Labute approximate surface area is 195 Å². The number of hydrogen-bond donors (Lipinski definition) is 2. The van der Waals surface area contributed by atoms with E-state index >= 15 is 0 Å². The number of hydrogen-bond acceptors (Lipinski definition) is 6. The highest BCUT2D eigenvalue weighted by Crippen LogP contribution is 2.36. The first-order valence-electron chi connectivity index (χ1n) is 11.9. The van der Waals surface area contributed by atoms with Gasteiger partial charge in [-0.1, -0.05) is 0 Å². The Bertz CT molecular complexity index is 1010. The lowest BCUT2D eigenvalue weighted by molar-refractivity contribution is -0.126. The molecular weight excluding hydrogens is 444 g/mol. The zero-order valence-corrected chi connectivity index (χ0v) is 20.2. The van der Waals surface area contributed by atoms with E-state index in [-0.39, 0.29) is 29.2 Å². The van der Waals surface area contributed by atoms with Gasteiger partial charge < -0.3 is 20.3 Å². The summed E-state index contributed by atoms with van der Waals surface area (Å²) < 4.78 is 33.9. The van der Waals surface area contributed by atoms with Crippen LogP contribution in [0.5, 0.6) is 5.75 Å². The summed E-state index contributed by atoms with van der Waals surface area (Å²) in [5.41, 5.74) is 1.00. The number of nitrogens with zero attached hydrogens (tertiary/aromatic N) is 2. The highest BCUT2D eigenvalue weighted by atomic mass is 32.2. The molecule has 2 saturated heterocycles. The minimum atomic E-state index is -3.81. The quantitative estimate of drug-likeness (QED) is 0.578. The molecule has 10 heteroatoms. The molecule has 3 aliphatic rings. The molecule has 0 unspecified atom stereocenters. The summed E-state index contributed by atoms with van der Waals surface area (Å²) in [6.07, 6.45) is 4.04. The first kappa shape index (κ1) is 24.0. The Morgan fingerprint density at radius 2 is 1.97 bits per heavy atom. The van der Waals surface area contributed by atoms with Gasteiger partial charge in [0.2, 0.25) is 15.9 Å². The molecule has 1 aromatic rings. The molecule has 2 fully saturated rings. The van der Waals surface area contributed by atoms with Crippen molar-refractivity contribution in [2.75, 3.05) is 44.6 Å². The first-order valence-corrected chi connectivity index (χ1v) is 13.3. The maximum atomic E-state index is 13.5. The molecule has 0 radical (unpaired) electrons. The lowest BCUT2D eigenvalue weighted by Gasteiger charge is -2.32. The predicted molar refractivity (Wildman–Crippen MR) is 125 cm³/mol. The second kappa shape index (κ2) is 9.99. The van der Waals surface area contributed by atoms with E-state index in [1.165, 1.54) is 23.2 Å². The summed E-state index contributed by atoms with van der Waals surface area (Å²) >= 11 is 0. The van der Waals surface area contributed by atoms with Crippen LogP contribution in [0.4, 0.5) is 5.69 Å². The average Bonchev–Trinajstić information content (AvgIpc) is 3.31. The standard InChI is InChI=1S/C23H34N4O5S/c1-16-13-19-20(32-17(2)22(28)25-19)14-21(16)33(30,31)27-12-5-7-18(15-27)23(29)24-8-6-11-26-9-3-4-10-26/h13-14,17-18H,3-12,15H2,1-2H3,(H,24,29)(H,25,28)/t17-,18+/m1/s1. The van der Waals surface area contributed by atoms with Crippen molar-refractivity contribution in [2.24, 2.45) is 5.92 Å². The van der Waals surface area contributed by atoms with Crippen molar-refractivity contribution >= 4 is 27.5 Å². The van der Waals surface area contributed by atoms with Crippen molar-refractivity contribution in [3.63, 3.8) is 0 Å². The lowest BCUT2D eigenvalue weighted by Crippen LogP contribution is -2.45. The number of sulfonamides is 1. The number of benzene rings is 1. The number of amides is 2. The van der Waals surface area contributed by atoms with E-state index in [1.807, 2.05) is 0 Å².